The van der Waals surface area contributed by atoms with Gasteiger partial charge in [0.15, 0.2) is 0 Å². The van der Waals surface area contributed by atoms with Crippen LogP contribution in [0.5, 0.6) is 0 Å². The second kappa shape index (κ2) is 9.17. The number of nitrogens with zero attached hydrogens (tertiary/aromatic N) is 1. The Balaban J connectivity index is 2.77. The van der Waals surface area contributed by atoms with Crippen molar-refractivity contribution in [3.8, 4) is 0 Å². The van der Waals surface area contributed by atoms with E-state index >= 15 is 0 Å². The standard InChI is InChI=1S/C18H26N2O6/c1-6-14(19-17(22)26-18(3,4)5)15(7-2)25-16(21)12-8-10-13(11-9-12)20(23)24/h8-11,14-15H,6-7H2,1-5H3,(H,19,22)/t14-,15?/m0/s1. The van der Waals surface area contributed by atoms with Crippen molar-refractivity contribution in [2.75, 3.05) is 0 Å². The third-order valence-electron chi connectivity index (χ3n) is 3.57. The van der Waals surface area contributed by atoms with Gasteiger partial charge < -0.3 is 14.8 Å². The summed E-state index contributed by atoms with van der Waals surface area (Å²) >= 11 is 0. The van der Waals surface area contributed by atoms with Crippen molar-refractivity contribution < 1.29 is 24.0 Å². The largest absolute Gasteiger partial charge is 0.457 e. The van der Waals surface area contributed by atoms with Crippen LogP contribution >= 0.6 is 0 Å². The van der Waals surface area contributed by atoms with Crippen LogP contribution in [0.1, 0.15) is 57.8 Å². The van der Waals surface area contributed by atoms with Gasteiger partial charge in [0.1, 0.15) is 11.7 Å². The molecule has 0 aliphatic heterocycles. The van der Waals surface area contributed by atoms with E-state index in [0.717, 1.165) is 0 Å². The highest BCUT2D eigenvalue weighted by atomic mass is 16.6. The molecule has 1 unspecified atom stereocenters. The highest BCUT2D eigenvalue weighted by molar-refractivity contribution is 5.89. The molecule has 0 fully saturated rings. The van der Waals surface area contributed by atoms with Crippen LogP contribution in [0.15, 0.2) is 24.3 Å². The van der Waals surface area contributed by atoms with E-state index in [-0.39, 0.29) is 11.3 Å². The minimum absolute atomic E-state index is 0.105. The molecule has 144 valence electrons. The highest BCUT2D eigenvalue weighted by Gasteiger charge is 2.27. The number of carbonyl (C=O) groups is 2. The number of hydrogen-bond donors (Lipinski definition) is 1. The first-order chi connectivity index (χ1) is 12.1. The Bertz CT molecular complexity index is 636. The fourth-order valence-electron chi connectivity index (χ4n) is 2.29. The predicted octanol–water partition coefficient (Wildman–Crippen LogP) is 3.83. The zero-order chi connectivity index (χ0) is 19.9. The van der Waals surface area contributed by atoms with E-state index < -0.39 is 34.7 Å². The number of ether oxygens (including phenoxy) is 2. The zero-order valence-electron chi connectivity index (χ0n) is 15.8. The van der Waals surface area contributed by atoms with E-state index in [0.29, 0.717) is 12.8 Å². The Kier molecular flexibility index (Phi) is 7.55. The lowest BCUT2D eigenvalue weighted by Gasteiger charge is -2.28. The van der Waals surface area contributed by atoms with Gasteiger partial charge in [0.2, 0.25) is 0 Å². The van der Waals surface area contributed by atoms with Gasteiger partial charge in [-0.25, -0.2) is 9.59 Å². The Labute approximate surface area is 153 Å². The van der Waals surface area contributed by atoms with Crippen LogP contribution in [-0.2, 0) is 9.47 Å². The molecule has 0 aromatic heterocycles. The van der Waals surface area contributed by atoms with E-state index in [9.17, 15) is 19.7 Å². The Morgan fingerprint density at radius 3 is 2.15 bits per heavy atom. The number of amides is 1. The van der Waals surface area contributed by atoms with Crippen LogP contribution in [0.2, 0.25) is 0 Å². The zero-order valence-corrected chi connectivity index (χ0v) is 15.8. The number of carbonyl (C=O) groups excluding carboxylic acids is 2. The first-order valence-electron chi connectivity index (χ1n) is 8.52. The third-order valence-corrected chi connectivity index (χ3v) is 3.57. The van der Waals surface area contributed by atoms with E-state index in [1.54, 1.807) is 20.8 Å². The molecule has 0 aliphatic rings. The number of alkyl carbamates (subject to hydrolysis) is 1. The molecule has 26 heavy (non-hydrogen) atoms. The molecule has 1 aromatic rings. The molecule has 1 amide bonds. The minimum Gasteiger partial charge on any atom is -0.457 e. The van der Waals surface area contributed by atoms with E-state index in [1.165, 1.54) is 24.3 Å². The molecule has 0 aliphatic carbocycles. The van der Waals surface area contributed by atoms with Gasteiger partial charge in [-0.15, -0.1) is 0 Å². The summed E-state index contributed by atoms with van der Waals surface area (Å²) in [6, 6.07) is 4.77. The van der Waals surface area contributed by atoms with Crippen molar-refractivity contribution in [1.82, 2.24) is 5.32 Å². The monoisotopic (exact) mass is 366 g/mol. The minimum atomic E-state index is -0.625. The van der Waals surface area contributed by atoms with Crippen molar-refractivity contribution >= 4 is 17.7 Å². The highest BCUT2D eigenvalue weighted by Crippen LogP contribution is 2.16. The SMILES string of the molecule is CCC(OC(=O)c1ccc([N+](=O)[O-])cc1)[C@H](CC)NC(=O)OC(C)(C)C. The number of nitro groups is 1. The molecule has 2 atom stereocenters. The van der Waals surface area contributed by atoms with Gasteiger partial charge in [-0.05, 0) is 45.7 Å². The van der Waals surface area contributed by atoms with Gasteiger partial charge >= 0.3 is 12.1 Å². The van der Waals surface area contributed by atoms with Gasteiger partial charge in [0.05, 0.1) is 16.5 Å². The lowest BCUT2D eigenvalue weighted by molar-refractivity contribution is -0.384. The summed E-state index contributed by atoms with van der Waals surface area (Å²) in [5.74, 6) is -0.601. The van der Waals surface area contributed by atoms with Crippen molar-refractivity contribution in [1.29, 1.82) is 0 Å². The summed E-state index contributed by atoms with van der Waals surface area (Å²) in [6.07, 6.45) is -0.0809. The molecular weight excluding hydrogens is 340 g/mol. The summed E-state index contributed by atoms with van der Waals surface area (Å²) in [5.41, 5.74) is -0.521. The van der Waals surface area contributed by atoms with Gasteiger partial charge in [-0.1, -0.05) is 13.8 Å². The van der Waals surface area contributed by atoms with Crippen molar-refractivity contribution in [3.05, 3.63) is 39.9 Å². The molecule has 0 saturated heterocycles. The molecule has 1 N–H and O–H groups in total. The number of rotatable bonds is 7. The van der Waals surface area contributed by atoms with Crippen LogP contribution in [0.25, 0.3) is 0 Å². The smallest absolute Gasteiger partial charge is 0.408 e. The molecule has 1 aromatic carbocycles. The van der Waals surface area contributed by atoms with Gasteiger partial charge in [0.25, 0.3) is 5.69 Å². The van der Waals surface area contributed by atoms with Crippen LogP contribution in [0.3, 0.4) is 0 Å². The fraction of sp³-hybridized carbons (Fsp3) is 0.556. The molecule has 8 nitrogen and oxygen atoms in total. The lowest BCUT2D eigenvalue weighted by Crippen LogP contribution is -2.46. The Morgan fingerprint density at radius 2 is 1.73 bits per heavy atom. The summed E-state index contributed by atoms with van der Waals surface area (Å²) in [6.45, 7) is 9.00. The van der Waals surface area contributed by atoms with Gasteiger partial charge in [-0.2, -0.15) is 0 Å². The number of nitrogens with one attached hydrogen (secondary N) is 1. The number of nitro benzene ring substituents is 1. The van der Waals surface area contributed by atoms with Crippen LogP contribution in [0.4, 0.5) is 10.5 Å². The molecule has 0 radical (unpaired) electrons. The Morgan fingerprint density at radius 1 is 1.15 bits per heavy atom. The molecule has 0 heterocycles. The number of non-ortho nitro benzene ring substituents is 1. The van der Waals surface area contributed by atoms with Crippen molar-refractivity contribution in [2.24, 2.45) is 0 Å². The maximum atomic E-state index is 12.3. The molecule has 1 rings (SSSR count). The average Bonchev–Trinajstić information content (AvgIpc) is 2.56. The second-order valence-corrected chi connectivity index (χ2v) is 6.82. The number of benzene rings is 1. The molecule has 0 spiro atoms. The number of esters is 1. The van der Waals surface area contributed by atoms with Crippen molar-refractivity contribution in [3.63, 3.8) is 0 Å². The van der Waals surface area contributed by atoms with Crippen LogP contribution in [0, 0.1) is 10.1 Å². The number of hydrogen-bond acceptors (Lipinski definition) is 6. The van der Waals surface area contributed by atoms with E-state index in [2.05, 4.69) is 5.32 Å². The first kappa shape index (κ1) is 21.4. The predicted molar refractivity (Wildman–Crippen MR) is 96.0 cm³/mol. The van der Waals surface area contributed by atoms with Crippen molar-refractivity contribution in [2.45, 2.75) is 65.2 Å². The summed E-state index contributed by atoms with van der Waals surface area (Å²) in [4.78, 5) is 34.4. The topological polar surface area (TPSA) is 108 Å². The van der Waals surface area contributed by atoms with E-state index in [1.807, 2.05) is 13.8 Å². The summed E-state index contributed by atoms with van der Waals surface area (Å²) in [7, 11) is 0. The quantitative estimate of drug-likeness (QED) is 0.446. The molecule has 0 bridgehead atoms. The van der Waals surface area contributed by atoms with E-state index in [4.69, 9.17) is 9.47 Å². The lowest BCUT2D eigenvalue weighted by atomic mass is 10.1. The average molecular weight is 366 g/mol. The van der Waals surface area contributed by atoms with Crippen LogP contribution < -0.4 is 5.32 Å². The van der Waals surface area contributed by atoms with Gasteiger partial charge in [0, 0.05) is 12.1 Å². The fourth-order valence-corrected chi connectivity index (χ4v) is 2.29. The second-order valence-electron chi connectivity index (χ2n) is 6.82. The summed E-state index contributed by atoms with van der Waals surface area (Å²) < 4.78 is 10.7. The normalized spacial score (nSPS) is 13.4. The third kappa shape index (κ3) is 6.70. The molecule has 0 saturated carbocycles. The van der Waals surface area contributed by atoms with Gasteiger partial charge in [-0.3, -0.25) is 10.1 Å². The maximum absolute atomic E-state index is 12.3. The molecule has 8 heteroatoms. The molecular formula is C18H26N2O6. The maximum Gasteiger partial charge on any atom is 0.408 e. The summed E-state index contributed by atoms with van der Waals surface area (Å²) in [5, 5.41) is 13.4. The Hall–Kier alpha value is -2.64. The van der Waals surface area contributed by atoms with Crippen LogP contribution in [-0.4, -0.2) is 34.7 Å². The first-order valence-corrected chi connectivity index (χ1v) is 8.52.